The van der Waals surface area contributed by atoms with Crippen LogP contribution in [0, 0.1) is 0 Å². The van der Waals surface area contributed by atoms with Gasteiger partial charge in [-0.1, -0.05) is 40.9 Å². The second-order valence-corrected chi connectivity index (χ2v) is 7.82. The molecule has 0 unspecified atom stereocenters. The van der Waals surface area contributed by atoms with Crippen molar-refractivity contribution in [3.05, 3.63) is 98.5 Å². The summed E-state index contributed by atoms with van der Waals surface area (Å²) in [5, 5.41) is 7.29. The number of hydrogen-bond donors (Lipinski definition) is 2. The monoisotopic (exact) mass is 503 g/mol. The number of benzene rings is 3. The maximum atomic E-state index is 12.1. The zero-order chi connectivity index (χ0) is 23.8. The number of amides is 2. The summed E-state index contributed by atoms with van der Waals surface area (Å²) in [6.07, 6.45) is 1.40. The van der Waals surface area contributed by atoms with Crippen molar-refractivity contribution in [2.75, 3.05) is 6.54 Å². The van der Waals surface area contributed by atoms with Crippen LogP contribution in [0.1, 0.15) is 26.3 Å². The molecule has 2 amide bonds. The minimum atomic E-state index is -0.533. The third-order valence-electron chi connectivity index (χ3n) is 4.15. The molecule has 0 radical (unpaired) electrons. The van der Waals surface area contributed by atoms with Crippen LogP contribution in [0.5, 0.6) is 5.75 Å². The lowest BCUT2D eigenvalue weighted by Crippen LogP contribution is -2.34. The molecule has 10 heteroatoms. The molecule has 3 aromatic carbocycles. The van der Waals surface area contributed by atoms with Gasteiger partial charge >= 0.3 is 5.97 Å². The zero-order valence-corrected chi connectivity index (χ0v) is 19.1. The third kappa shape index (κ3) is 7.32. The van der Waals surface area contributed by atoms with E-state index in [0.29, 0.717) is 26.9 Å². The predicted molar refractivity (Wildman–Crippen MR) is 127 cm³/mol. The van der Waals surface area contributed by atoms with E-state index in [2.05, 4.69) is 15.8 Å². The fraction of sp³-hybridized carbons (Fsp3) is 0.0435. The third-order valence-corrected chi connectivity index (χ3v) is 5.12. The van der Waals surface area contributed by atoms with Crippen LogP contribution in [0.25, 0.3) is 0 Å². The molecule has 0 spiro atoms. The van der Waals surface area contributed by atoms with Crippen LogP contribution in [0.3, 0.4) is 0 Å². The highest BCUT2D eigenvalue weighted by molar-refractivity contribution is 6.42. The number of nitrogens with one attached hydrogen (secondary N) is 2. The highest BCUT2D eigenvalue weighted by atomic mass is 35.5. The van der Waals surface area contributed by atoms with Crippen LogP contribution in [-0.2, 0) is 4.79 Å². The summed E-state index contributed by atoms with van der Waals surface area (Å²) in [5.41, 5.74) is 3.56. The highest BCUT2D eigenvalue weighted by Crippen LogP contribution is 2.22. The largest absolute Gasteiger partial charge is 0.423 e. The van der Waals surface area contributed by atoms with Crippen molar-refractivity contribution in [2.45, 2.75) is 0 Å². The smallest absolute Gasteiger partial charge is 0.343 e. The van der Waals surface area contributed by atoms with Crippen LogP contribution in [0.15, 0.2) is 71.8 Å². The molecule has 0 aliphatic carbocycles. The lowest BCUT2D eigenvalue weighted by molar-refractivity contribution is -0.120. The molecule has 0 fully saturated rings. The Labute approximate surface area is 204 Å². The quantitative estimate of drug-likeness (QED) is 0.210. The van der Waals surface area contributed by atoms with Gasteiger partial charge < -0.3 is 10.1 Å². The minimum absolute atomic E-state index is 0.239. The molecule has 0 aliphatic heterocycles. The average molecular weight is 505 g/mol. The van der Waals surface area contributed by atoms with E-state index in [1.54, 1.807) is 42.5 Å². The van der Waals surface area contributed by atoms with Crippen molar-refractivity contribution < 1.29 is 19.1 Å². The number of hydrazone groups is 1. The Morgan fingerprint density at radius 3 is 2.33 bits per heavy atom. The standard InChI is InChI=1S/C23H16Cl3N3O4/c24-17-3-1-2-16(10-17)23(32)33-18-7-4-14(5-8-18)12-28-29-21(30)13-27-22(31)15-6-9-19(25)20(26)11-15/h1-12H,13H2,(H,27,31)(H,29,30). The summed E-state index contributed by atoms with van der Waals surface area (Å²) in [7, 11) is 0. The second kappa shape index (κ2) is 11.5. The second-order valence-electron chi connectivity index (χ2n) is 6.57. The number of halogens is 3. The molecule has 0 saturated carbocycles. The molecule has 33 heavy (non-hydrogen) atoms. The number of rotatable bonds is 7. The first-order valence-corrected chi connectivity index (χ1v) is 10.6. The number of carbonyl (C=O) groups excluding carboxylic acids is 3. The van der Waals surface area contributed by atoms with Crippen LogP contribution in [0.2, 0.25) is 15.1 Å². The number of hydrogen-bond acceptors (Lipinski definition) is 5. The van der Waals surface area contributed by atoms with Crippen molar-refractivity contribution in [2.24, 2.45) is 5.10 Å². The molecule has 0 heterocycles. The van der Waals surface area contributed by atoms with Crippen LogP contribution in [0.4, 0.5) is 0 Å². The van der Waals surface area contributed by atoms with Gasteiger partial charge in [0.2, 0.25) is 0 Å². The summed E-state index contributed by atoms with van der Waals surface area (Å²) < 4.78 is 5.29. The maximum absolute atomic E-state index is 12.1. The number of carbonyl (C=O) groups is 3. The Bertz CT molecular complexity index is 1210. The summed E-state index contributed by atoms with van der Waals surface area (Å²) in [6, 6.07) is 17.3. The first-order chi connectivity index (χ1) is 15.8. The van der Waals surface area contributed by atoms with E-state index < -0.39 is 17.8 Å². The van der Waals surface area contributed by atoms with Crippen molar-refractivity contribution in [1.82, 2.24) is 10.7 Å². The maximum Gasteiger partial charge on any atom is 0.343 e. The topological polar surface area (TPSA) is 96.9 Å². The SMILES string of the molecule is O=C(CNC(=O)c1ccc(Cl)c(Cl)c1)NN=Cc1ccc(OC(=O)c2cccc(Cl)c2)cc1. The Balaban J connectivity index is 1.45. The number of nitrogens with zero attached hydrogens (tertiary/aromatic N) is 1. The molecule has 7 nitrogen and oxygen atoms in total. The van der Waals surface area contributed by atoms with E-state index in [-0.39, 0.29) is 17.1 Å². The molecule has 0 atom stereocenters. The summed E-state index contributed by atoms with van der Waals surface area (Å²) >= 11 is 17.6. The Morgan fingerprint density at radius 1 is 0.879 bits per heavy atom. The zero-order valence-electron chi connectivity index (χ0n) is 16.8. The fourth-order valence-corrected chi connectivity index (χ4v) is 3.01. The molecule has 3 rings (SSSR count). The van der Waals surface area contributed by atoms with Crippen LogP contribution >= 0.6 is 34.8 Å². The lowest BCUT2D eigenvalue weighted by Gasteiger charge is -2.06. The van der Waals surface area contributed by atoms with Gasteiger partial charge in [-0.05, 0) is 66.2 Å². The van der Waals surface area contributed by atoms with Crippen LogP contribution < -0.4 is 15.5 Å². The highest BCUT2D eigenvalue weighted by Gasteiger charge is 2.10. The molecule has 0 bridgehead atoms. The first kappa shape index (κ1) is 24.3. The lowest BCUT2D eigenvalue weighted by atomic mass is 10.2. The van der Waals surface area contributed by atoms with E-state index in [1.165, 1.54) is 30.5 Å². The van der Waals surface area contributed by atoms with E-state index in [4.69, 9.17) is 39.5 Å². The number of ether oxygens (including phenoxy) is 1. The normalized spacial score (nSPS) is 10.6. The predicted octanol–water partition coefficient (Wildman–Crippen LogP) is 4.75. The van der Waals surface area contributed by atoms with Crippen molar-refractivity contribution >= 4 is 58.8 Å². The average Bonchev–Trinajstić information content (AvgIpc) is 2.80. The van der Waals surface area contributed by atoms with E-state index >= 15 is 0 Å². The minimum Gasteiger partial charge on any atom is -0.423 e. The van der Waals surface area contributed by atoms with Gasteiger partial charge in [-0.2, -0.15) is 5.10 Å². The summed E-state index contributed by atoms with van der Waals surface area (Å²) in [6.45, 7) is -0.283. The molecule has 168 valence electrons. The molecule has 0 saturated heterocycles. The van der Waals surface area contributed by atoms with Gasteiger partial charge in [-0.15, -0.1) is 0 Å². The molecule has 0 aromatic heterocycles. The Kier molecular flexibility index (Phi) is 8.43. The molecular formula is C23H16Cl3N3O4. The van der Waals surface area contributed by atoms with Gasteiger partial charge in [0.1, 0.15) is 5.75 Å². The van der Waals surface area contributed by atoms with Gasteiger partial charge in [0.15, 0.2) is 0 Å². The molecule has 2 N–H and O–H groups in total. The van der Waals surface area contributed by atoms with Gasteiger partial charge in [-0.25, -0.2) is 10.2 Å². The van der Waals surface area contributed by atoms with E-state index in [9.17, 15) is 14.4 Å². The Morgan fingerprint density at radius 2 is 1.64 bits per heavy atom. The number of esters is 1. The summed E-state index contributed by atoms with van der Waals surface area (Å²) in [4.78, 5) is 36.1. The van der Waals surface area contributed by atoms with Gasteiger partial charge in [0, 0.05) is 10.6 Å². The Hall–Kier alpha value is -3.39. The molecular weight excluding hydrogens is 489 g/mol. The van der Waals surface area contributed by atoms with Crippen LogP contribution in [-0.4, -0.2) is 30.5 Å². The van der Waals surface area contributed by atoms with E-state index in [0.717, 1.165) is 0 Å². The van der Waals surface area contributed by atoms with Gasteiger partial charge in [0.25, 0.3) is 11.8 Å². The van der Waals surface area contributed by atoms with Crippen molar-refractivity contribution in [3.63, 3.8) is 0 Å². The van der Waals surface area contributed by atoms with Crippen molar-refractivity contribution in [1.29, 1.82) is 0 Å². The van der Waals surface area contributed by atoms with Gasteiger partial charge in [0.05, 0.1) is 28.4 Å². The van der Waals surface area contributed by atoms with E-state index in [1.807, 2.05) is 0 Å². The van der Waals surface area contributed by atoms with Crippen molar-refractivity contribution in [3.8, 4) is 5.75 Å². The first-order valence-electron chi connectivity index (χ1n) is 9.45. The van der Waals surface area contributed by atoms with Gasteiger partial charge in [-0.3, -0.25) is 9.59 Å². The molecule has 3 aromatic rings. The summed E-state index contributed by atoms with van der Waals surface area (Å²) in [5.74, 6) is -1.19. The molecule has 0 aliphatic rings. The fourth-order valence-electron chi connectivity index (χ4n) is 2.52.